The van der Waals surface area contributed by atoms with Gasteiger partial charge in [0.25, 0.3) is 0 Å². The molecule has 0 saturated heterocycles. The lowest BCUT2D eigenvalue weighted by Gasteiger charge is -2.32. The first-order chi connectivity index (χ1) is 8.80. The average Bonchev–Trinajstić information content (AvgIpc) is 2.85. The molecule has 1 aromatic rings. The van der Waals surface area contributed by atoms with Gasteiger partial charge in [-0.3, -0.25) is 0 Å². The van der Waals surface area contributed by atoms with E-state index >= 15 is 0 Å². The highest BCUT2D eigenvalue weighted by atomic mass is 32.2. The zero-order valence-corrected chi connectivity index (χ0v) is 12.5. The minimum absolute atomic E-state index is 0.114. The van der Waals surface area contributed by atoms with Crippen LogP contribution in [-0.4, -0.2) is 37.0 Å². The Kier molecular flexibility index (Phi) is 3.61. The van der Waals surface area contributed by atoms with Crippen molar-refractivity contribution in [3.63, 3.8) is 0 Å². The number of hydrogen-bond donors (Lipinski definition) is 1. The molecular weight excluding hydrogens is 286 g/mol. The molecule has 2 rings (SSSR count). The molecule has 0 fully saturated rings. The van der Waals surface area contributed by atoms with Crippen molar-refractivity contribution in [2.75, 3.05) is 13.7 Å². The van der Waals surface area contributed by atoms with Gasteiger partial charge in [-0.2, -0.15) is 13.0 Å². The summed E-state index contributed by atoms with van der Waals surface area (Å²) in [5.41, 5.74) is 0.0409. The molecule has 0 aromatic heterocycles. The predicted octanol–water partition coefficient (Wildman–Crippen LogP) is 1.80. The zero-order chi connectivity index (χ0) is 14.3. The maximum Gasteiger partial charge on any atom is 0.245 e. The Balaban J connectivity index is 2.54. The monoisotopic (exact) mass is 301 g/mol. The van der Waals surface area contributed by atoms with Crippen molar-refractivity contribution in [3.8, 4) is 0 Å². The molecule has 1 heterocycles. The van der Waals surface area contributed by atoms with Gasteiger partial charge in [-0.15, -0.1) is 0 Å². The van der Waals surface area contributed by atoms with Crippen LogP contribution in [0, 0.1) is 0 Å². The molecule has 0 saturated carbocycles. The fraction of sp³-hybridized carbons (Fsp3) is 0.455. The van der Waals surface area contributed by atoms with Crippen molar-refractivity contribution in [2.24, 2.45) is 8.73 Å². The summed E-state index contributed by atoms with van der Waals surface area (Å²) in [5, 5.41) is 9.32. The Hall–Kier alpha value is -1.09. The van der Waals surface area contributed by atoms with E-state index in [4.69, 9.17) is 0 Å². The molecular formula is C11H15N3O3S2. The molecule has 1 aliphatic rings. The summed E-state index contributed by atoms with van der Waals surface area (Å²) in [7, 11) is -2.28. The van der Waals surface area contributed by atoms with Crippen molar-refractivity contribution in [2.45, 2.75) is 24.3 Å². The second-order valence-electron chi connectivity index (χ2n) is 4.83. The number of nitrogens with zero attached hydrogens (tertiary/aromatic N) is 3. The van der Waals surface area contributed by atoms with E-state index < -0.39 is 15.6 Å². The lowest BCUT2D eigenvalue weighted by molar-refractivity contribution is 0.138. The van der Waals surface area contributed by atoms with Crippen molar-refractivity contribution in [3.05, 3.63) is 18.2 Å². The quantitative estimate of drug-likeness (QED) is 0.935. The first kappa shape index (κ1) is 14.3. The minimum atomic E-state index is -3.73. The SMILES string of the molecule is CN(C(C)(C)CO)S(=O)(=O)c1cccc2c1N=S=N2. The first-order valence-electron chi connectivity index (χ1n) is 5.62. The maximum absolute atomic E-state index is 12.6. The first-order valence-corrected chi connectivity index (χ1v) is 7.79. The van der Waals surface area contributed by atoms with Crippen LogP contribution >= 0.6 is 0 Å². The van der Waals surface area contributed by atoms with Crippen LogP contribution in [0.25, 0.3) is 0 Å². The Bertz CT molecular complexity index is 676. The van der Waals surface area contributed by atoms with Crippen LogP contribution in [0.1, 0.15) is 13.8 Å². The lowest BCUT2D eigenvalue weighted by atomic mass is 10.1. The number of hydrogen-bond acceptors (Lipinski definition) is 5. The van der Waals surface area contributed by atoms with Crippen LogP contribution in [0.2, 0.25) is 0 Å². The maximum atomic E-state index is 12.6. The lowest BCUT2D eigenvalue weighted by Crippen LogP contribution is -2.47. The second-order valence-corrected chi connectivity index (χ2v) is 7.30. The number of fused-ring (bicyclic) bond motifs is 1. The van der Waals surface area contributed by atoms with Gasteiger partial charge in [0.2, 0.25) is 10.0 Å². The van der Waals surface area contributed by atoms with E-state index in [1.807, 2.05) is 0 Å². The fourth-order valence-corrected chi connectivity index (χ4v) is 3.82. The van der Waals surface area contributed by atoms with Crippen LogP contribution in [0.15, 0.2) is 31.8 Å². The van der Waals surface area contributed by atoms with Crippen molar-refractivity contribution >= 4 is 32.8 Å². The Labute approximate surface area is 116 Å². The van der Waals surface area contributed by atoms with E-state index in [0.717, 1.165) is 15.7 Å². The largest absolute Gasteiger partial charge is 0.394 e. The van der Waals surface area contributed by atoms with Crippen LogP contribution < -0.4 is 0 Å². The van der Waals surface area contributed by atoms with Gasteiger partial charge in [0.15, 0.2) is 0 Å². The highest BCUT2D eigenvalue weighted by Crippen LogP contribution is 2.39. The number of rotatable bonds is 4. The predicted molar refractivity (Wildman–Crippen MR) is 74.1 cm³/mol. The third-order valence-corrected chi connectivity index (χ3v) is 5.77. The number of aliphatic hydroxyl groups is 1. The second kappa shape index (κ2) is 4.78. The zero-order valence-electron chi connectivity index (χ0n) is 10.9. The molecule has 1 N–H and O–H groups in total. The number of benzene rings is 1. The van der Waals surface area contributed by atoms with Gasteiger partial charge < -0.3 is 5.11 Å². The molecule has 0 aliphatic carbocycles. The Morgan fingerprint density at radius 2 is 2.05 bits per heavy atom. The van der Waals surface area contributed by atoms with Gasteiger partial charge in [0.1, 0.15) is 16.3 Å². The van der Waals surface area contributed by atoms with Gasteiger partial charge in [0.05, 0.1) is 23.5 Å². The normalized spacial score (nSPS) is 14.6. The van der Waals surface area contributed by atoms with Crippen LogP contribution in [0.5, 0.6) is 0 Å². The molecule has 0 spiro atoms. The summed E-state index contributed by atoms with van der Waals surface area (Å²) < 4.78 is 34.4. The molecule has 0 amide bonds. The Morgan fingerprint density at radius 3 is 2.68 bits per heavy atom. The summed E-state index contributed by atoms with van der Waals surface area (Å²) in [6.45, 7) is 3.04. The number of likely N-dealkylation sites (N-methyl/N-ethyl adjacent to an activating group) is 1. The van der Waals surface area contributed by atoms with E-state index in [1.165, 1.54) is 13.1 Å². The minimum Gasteiger partial charge on any atom is -0.394 e. The van der Waals surface area contributed by atoms with Gasteiger partial charge in [0, 0.05) is 7.05 Å². The van der Waals surface area contributed by atoms with Crippen molar-refractivity contribution in [1.29, 1.82) is 0 Å². The molecule has 0 bridgehead atoms. The number of sulfonamides is 1. The summed E-state index contributed by atoms with van der Waals surface area (Å²) in [4.78, 5) is 0.114. The standard InChI is InChI=1S/C11H15N3O3S2/c1-11(2,7-15)14(3)19(16,17)9-6-4-5-8-10(9)13-18-12-8/h4-6,15H,7H2,1-3H3. The molecule has 104 valence electrons. The highest BCUT2D eigenvalue weighted by molar-refractivity contribution is 7.89. The fourth-order valence-electron chi connectivity index (χ4n) is 1.56. The molecule has 0 atom stereocenters. The van der Waals surface area contributed by atoms with Gasteiger partial charge >= 0.3 is 0 Å². The molecule has 1 aliphatic heterocycles. The van der Waals surface area contributed by atoms with Gasteiger partial charge in [-0.05, 0) is 26.0 Å². The molecule has 8 heteroatoms. The van der Waals surface area contributed by atoms with E-state index in [2.05, 4.69) is 8.73 Å². The summed E-state index contributed by atoms with van der Waals surface area (Å²) >= 11 is 0.976. The van der Waals surface area contributed by atoms with E-state index in [9.17, 15) is 13.5 Å². The van der Waals surface area contributed by atoms with Crippen LogP contribution in [0.4, 0.5) is 11.4 Å². The molecule has 0 radical (unpaired) electrons. The molecule has 1 aromatic carbocycles. The summed E-state index contributed by atoms with van der Waals surface area (Å²) in [6.07, 6.45) is 0. The van der Waals surface area contributed by atoms with E-state index in [-0.39, 0.29) is 11.5 Å². The van der Waals surface area contributed by atoms with E-state index in [1.54, 1.807) is 26.0 Å². The van der Waals surface area contributed by atoms with E-state index in [0.29, 0.717) is 11.4 Å². The Morgan fingerprint density at radius 1 is 1.37 bits per heavy atom. The molecule has 0 unspecified atom stereocenters. The van der Waals surface area contributed by atoms with Gasteiger partial charge in [-0.1, -0.05) is 6.07 Å². The highest BCUT2D eigenvalue weighted by Gasteiger charge is 2.35. The summed E-state index contributed by atoms with van der Waals surface area (Å²) in [5.74, 6) is 0. The molecule has 6 nitrogen and oxygen atoms in total. The average molecular weight is 301 g/mol. The van der Waals surface area contributed by atoms with Crippen LogP contribution in [0.3, 0.4) is 0 Å². The van der Waals surface area contributed by atoms with Crippen molar-refractivity contribution in [1.82, 2.24) is 4.31 Å². The molecule has 19 heavy (non-hydrogen) atoms. The number of aliphatic hydroxyl groups excluding tert-OH is 1. The van der Waals surface area contributed by atoms with Gasteiger partial charge in [-0.25, -0.2) is 8.42 Å². The van der Waals surface area contributed by atoms with Crippen LogP contribution in [-0.2, 0) is 21.4 Å². The van der Waals surface area contributed by atoms with Crippen molar-refractivity contribution < 1.29 is 13.5 Å². The third kappa shape index (κ3) is 2.36. The smallest absolute Gasteiger partial charge is 0.245 e. The third-order valence-electron chi connectivity index (χ3n) is 3.13. The summed E-state index contributed by atoms with van der Waals surface area (Å²) in [6, 6.07) is 4.86. The topological polar surface area (TPSA) is 82.3 Å².